The predicted molar refractivity (Wildman–Crippen MR) is 88.5 cm³/mol. The van der Waals surface area contributed by atoms with Crippen molar-refractivity contribution in [3.8, 4) is 0 Å². The van der Waals surface area contributed by atoms with Gasteiger partial charge in [-0.3, -0.25) is 4.79 Å². The molecule has 2 N–H and O–H groups in total. The van der Waals surface area contributed by atoms with Crippen LogP contribution >= 0.6 is 11.8 Å². The monoisotopic (exact) mass is 298 g/mol. The van der Waals surface area contributed by atoms with Crippen LogP contribution in [-0.2, 0) is 11.3 Å². The van der Waals surface area contributed by atoms with Crippen LogP contribution in [0.5, 0.6) is 0 Å². The van der Waals surface area contributed by atoms with Gasteiger partial charge in [0, 0.05) is 10.6 Å². The van der Waals surface area contributed by atoms with Gasteiger partial charge in [-0.1, -0.05) is 24.3 Å². The Morgan fingerprint density at radius 2 is 2.00 bits per heavy atom. The van der Waals surface area contributed by atoms with Crippen molar-refractivity contribution in [3.63, 3.8) is 0 Å². The number of carbonyl (C=O) groups is 1. The molecule has 1 heterocycles. The largest absolute Gasteiger partial charge is 0.399 e. The molecule has 0 saturated carbocycles. The molecule has 1 unspecified atom stereocenters. The fourth-order valence-corrected chi connectivity index (χ4v) is 3.66. The molecule has 0 saturated heterocycles. The predicted octanol–water partition coefficient (Wildman–Crippen LogP) is 3.60. The Balaban J connectivity index is 2.01. The van der Waals surface area contributed by atoms with Gasteiger partial charge in [-0.05, 0) is 43.2 Å². The van der Waals surface area contributed by atoms with E-state index in [-0.39, 0.29) is 11.2 Å². The van der Waals surface area contributed by atoms with Crippen LogP contribution < -0.4 is 10.6 Å². The lowest BCUT2D eigenvalue weighted by Gasteiger charge is -2.33. The van der Waals surface area contributed by atoms with Crippen molar-refractivity contribution in [2.45, 2.75) is 30.5 Å². The Morgan fingerprint density at radius 3 is 2.76 bits per heavy atom. The molecule has 1 aliphatic rings. The minimum absolute atomic E-state index is 0.0803. The standard InChI is InChI=1S/C17H18N2OS/c1-11-5-3-4-6-13(11)10-19-15-8-7-14(18)9-16(15)21-12(2)17(19)20/h3-9,12H,10,18H2,1-2H3. The first-order valence-corrected chi connectivity index (χ1v) is 7.86. The zero-order valence-electron chi connectivity index (χ0n) is 12.2. The van der Waals surface area contributed by atoms with Gasteiger partial charge in [-0.25, -0.2) is 0 Å². The Morgan fingerprint density at radius 1 is 1.24 bits per heavy atom. The van der Waals surface area contributed by atoms with Crippen molar-refractivity contribution >= 4 is 29.0 Å². The van der Waals surface area contributed by atoms with Gasteiger partial charge in [0.15, 0.2) is 0 Å². The molecule has 0 aromatic heterocycles. The van der Waals surface area contributed by atoms with Gasteiger partial charge in [0.25, 0.3) is 0 Å². The molecule has 0 bridgehead atoms. The molecule has 4 heteroatoms. The van der Waals surface area contributed by atoms with Gasteiger partial charge in [-0.15, -0.1) is 11.8 Å². The van der Waals surface area contributed by atoms with Gasteiger partial charge < -0.3 is 10.6 Å². The summed E-state index contributed by atoms with van der Waals surface area (Å²) in [6.07, 6.45) is 0. The Labute approximate surface area is 129 Å². The zero-order valence-corrected chi connectivity index (χ0v) is 13.0. The van der Waals surface area contributed by atoms with Crippen LogP contribution in [0.15, 0.2) is 47.4 Å². The highest BCUT2D eigenvalue weighted by atomic mass is 32.2. The molecule has 1 atom stereocenters. The van der Waals surface area contributed by atoms with Crippen LogP contribution in [0, 0.1) is 6.92 Å². The Bertz CT molecular complexity index is 699. The van der Waals surface area contributed by atoms with Crippen LogP contribution in [0.3, 0.4) is 0 Å². The molecule has 1 amide bonds. The Kier molecular flexibility index (Phi) is 3.64. The van der Waals surface area contributed by atoms with E-state index in [9.17, 15) is 4.79 Å². The summed E-state index contributed by atoms with van der Waals surface area (Å²) in [6, 6.07) is 13.9. The molecule has 2 aromatic carbocycles. The number of amides is 1. The third-order valence-electron chi connectivity index (χ3n) is 3.78. The van der Waals surface area contributed by atoms with Crippen molar-refractivity contribution < 1.29 is 4.79 Å². The maximum absolute atomic E-state index is 12.6. The van der Waals surface area contributed by atoms with E-state index < -0.39 is 0 Å². The van der Waals surface area contributed by atoms with Crippen LogP contribution in [-0.4, -0.2) is 11.2 Å². The van der Waals surface area contributed by atoms with E-state index in [1.165, 1.54) is 11.1 Å². The van der Waals surface area contributed by atoms with Crippen LogP contribution in [0.1, 0.15) is 18.1 Å². The van der Waals surface area contributed by atoms with E-state index in [2.05, 4.69) is 19.1 Å². The molecular weight excluding hydrogens is 280 g/mol. The maximum atomic E-state index is 12.6. The molecule has 3 rings (SSSR count). The summed E-state index contributed by atoms with van der Waals surface area (Å²) in [4.78, 5) is 15.5. The number of nitrogens with zero attached hydrogens (tertiary/aromatic N) is 1. The number of benzene rings is 2. The van der Waals surface area contributed by atoms with Crippen molar-refractivity contribution in [1.82, 2.24) is 0 Å². The van der Waals surface area contributed by atoms with Crippen molar-refractivity contribution in [2.24, 2.45) is 0 Å². The van der Waals surface area contributed by atoms with Crippen LogP contribution in [0.2, 0.25) is 0 Å². The second-order valence-corrected chi connectivity index (χ2v) is 6.72. The van der Waals surface area contributed by atoms with Crippen LogP contribution in [0.25, 0.3) is 0 Å². The molecule has 21 heavy (non-hydrogen) atoms. The van der Waals surface area contributed by atoms with Gasteiger partial charge in [0.05, 0.1) is 17.5 Å². The molecular formula is C17H18N2OS. The summed E-state index contributed by atoms with van der Waals surface area (Å²) in [5.41, 5.74) is 9.94. The van der Waals surface area contributed by atoms with Crippen LogP contribution in [0.4, 0.5) is 11.4 Å². The summed E-state index contributed by atoms with van der Waals surface area (Å²) in [5.74, 6) is 0.153. The molecule has 0 spiro atoms. The SMILES string of the molecule is Cc1ccccc1CN1C(=O)C(C)Sc2cc(N)ccc21. The number of aryl methyl sites for hydroxylation is 1. The number of nitrogens with two attached hydrogens (primary N) is 1. The molecule has 0 fully saturated rings. The number of hydrogen-bond donors (Lipinski definition) is 1. The quantitative estimate of drug-likeness (QED) is 0.862. The number of anilines is 2. The van der Waals surface area contributed by atoms with E-state index in [4.69, 9.17) is 5.73 Å². The van der Waals surface area contributed by atoms with Gasteiger partial charge in [0.1, 0.15) is 0 Å². The van der Waals surface area contributed by atoms with E-state index in [1.807, 2.05) is 42.2 Å². The lowest BCUT2D eigenvalue weighted by molar-refractivity contribution is -0.118. The smallest absolute Gasteiger partial charge is 0.240 e. The summed E-state index contributed by atoms with van der Waals surface area (Å²) in [6.45, 7) is 4.63. The van der Waals surface area contributed by atoms with E-state index in [1.54, 1.807) is 11.8 Å². The number of thioether (sulfide) groups is 1. The van der Waals surface area contributed by atoms with Crippen molar-refractivity contribution in [3.05, 3.63) is 53.6 Å². The molecule has 1 aliphatic heterocycles. The molecule has 2 aromatic rings. The summed E-state index contributed by atoms with van der Waals surface area (Å²) < 4.78 is 0. The molecule has 108 valence electrons. The highest BCUT2D eigenvalue weighted by Gasteiger charge is 2.30. The average Bonchev–Trinajstić information content (AvgIpc) is 2.45. The lowest BCUT2D eigenvalue weighted by atomic mass is 10.1. The molecule has 0 radical (unpaired) electrons. The van der Waals surface area contributed by atoms with Gasteiger partial charge >= 0.3 is 0 Å². The highest BCUT2D eigenvalue weighted by molar-refractivity contribution is 8.01. The van der Waals surface area contributed by atoms with Crippen molar-refractivity contribution in [2.75, 3.05) is 10.6 Å². The highest BCUT2D eigenvalue weighted by Crippen LogP contribution is 2.40. The van der Waals surface area contributed by atoms with E-state index in [0.717, 1.165) is 16.3 Å². The van der Waals surface area contributed by atoms with Gasteiger partial charge in [0.2, 0.25) is 5.91 Å². The summed E-state index contributed by atoms with van der Waals surface area (Å²) >= 11 is 1.58. The van der Waals surface area contributed by atoms with E-state index in [0.29, 0.717) is 6.54 Å². The summed E-state index contributed by atoms with van der Waals surface area (Å²) in [5, 5.41) is -0.0803. The number of hydrogen-bond acceptors (Lipinski definition) is 3. The normalized spacial score (nSPS) is 17.7. The lowest BCUT2D eigenvalue weighted by Crippen LogP contribution is -2.39. The Hall–Kier alpha value is -1.94. The minimum Gasteiger partial charge on any atom is -0.399 e. The molecule has 3 nitrogen and oxygen atoms in total. The first-order valence-electron chi connectivity index (χ1n) is 6.98. The average molecular weight is 298 g/mol. The molecule has 0 aliphatic carbocycles. The number of fused-ring (bicyclic) bond motifs is 1. The second kappa shape index (κ2) is 5.45. The number of rotatable bonds is 2. The third-order valence-corrected chi connectivity index (χ3v) is 4.92. The maximum Gasteiger partial charge on any atom is 0.240 e. The number of carbonyl (C=O) groups excluding carboxylic acids is 1. The minimum atomic E-state index is -0.0803. The van der Waals surface area contributed by atoms with Gasteiger partial charge in [-0.2, -0.15) is 0 Å². The fourth-order valence-electron chi connectivity index (χ4n) is 2.55. The second-order valence-electron chi connectivity index (χ2n) is 5.34. The van der Waals surface area contributed by atoms with Crippen molar-refractivity contribution in [1.29, 1.82) is 0 Å². The topological polar surface area (TPSA) is 46.3 Å². The first kappa shape index (κ1) is 14.0. The van der Waals surface area contributed by atoms with E-state index >= 15 is 0 Å². The first-order chi connectivity index (χ1) is 10.1. The number of nitrogen functional groups attached to an aromatic ring is 1. The summed E-state index contributed by atoms with van der Waals surface area (Å²) in [7, 11) is 0. The third kappa shape index (κ3) is 2.63. The zero-order chi connectivity index (χ0) is 15.0. The fraction of sp³-hybridized carbons (Fsp3) is 0.235.